The van der Waals surface area contributed by atoms with Gasteiger partial charge < -0.3 is 13.9 Å². The summed E-state index contributed by atoms with van der Waals surface area (Å²) in [5, 5.41) is 0. The number of nitrogens with zero attached hydrogens (tertiary/aromatic N) is 3. The molecule has 0 spiro atoms. The maximum atomic E-state index is 13.0. The average molecular weight is 405 g/mol. The monoisotopic (exact) mass is 405 g/mol. The number of ketones is 1. The third-order valence-corrected chi connectivity index (χ3v) is 5.63. The Morgan fingerprint density at radius 2 is 1.93 bits per heavy atom. The van der Waals surface area contributed by atoms with Crippen molar-refractivity contribution in [3.8, 4) is 23.0 Å². The minimum atomic E-state index is 0.0343. The zero-order chi connectivity index (χ0) is 20.3. The van der Waals surface area contributed by atoms with Crippen LogP contribution in [0.2, 0.25) is 0 Å². The molecule has 1 saturated heterocycles. The molecule has 30 heavy (non-hydrogen) atoms. The van der Waals surface area contributed by atoms with Gasteiger partial charge in [0.1, 0.15) is 19.5 Å². The molecule has 2 aliphatic heterocycles. The van der Waals surface area contributed by atoms with Crippen molar-refractivity contribution in [1.29, 1.82) is 0 Å². The van der Waals surface area contributed by atoms with E-state index in [1.807, 2.05) is 30.3 Å². The van der Waals surface area contributed by atoms with Crippen LogP contribution in [0.25, 0.3) is 11.5 Å². The number of carbonyl (C=O) groups excluding carboxylic acids is 1. The number of piperidine rings is 1. The molecule has 1 fully saturated rings. The van der Waals surface area contributed by atoms with Gasteiger partial charge in [0.25, 0.3) is 0 Å². The number of likely N-dealkylation sites (tertiary alicyclic amines) is 1. The van der Waals surface area contributed by atoms with Crippen molar-refractivity contribution >= 4 is 5.78 Å². The minimum Gasteiger partial charge on any atom is -0.486 e. The van der Waals surface area contributed by atoms with Crippen molar-refractivity contribution in [3.63, 3.8) is 0 Å². The van der Waals surface area contributed by atoms with Crippen LogP contribution in [-0.4, -0.2) is 47.0 Å². The SMILES string of the molecule is O=C(c1ccc2c(c1)OCCO2)C1CCN(Cc2coc(-c3cccnc3)n2)CC1. The van der Waals surface area contributed by atoms with Gasteiger partial charge in [0.05, 0.1) is 11.3 Å². The maximum absolute atomic E-state index is 13.0. The smallest absolute Gasteiger partial charge is 0.227 e. The summed E-state index contributed by atoms with van der Waals surface area (Å²) >= 11 is 0. The Hall–Kier alpha value is -3.19. The summed E-state index contributed by atoms with van der Waals surface area (Å²) < 4.78 is 16.8. The van der Waals surface area contributed by atoms with E-state index < -0.39 is 0 Å². The lowest BCUT2D eigenvalue weighted by Crippen LogP contribution is -2.36. The van der Waals surface area contributed by atoms with Gasteiger partial charge >= 0.3 is 0 Å². The molecule has 154 valence electrons. The fourth-order valence-electron chi connectivity index (χ4n) is 4.02. The number of pyridine rings is 1. The molecule has 5 rings (SSSR count). The van der Waals surface area contributed by atoms with Crippen LogP contribution in [0.15, 0.2) is 53.4 Å². The van der Waals surface area contributed by atoms with E-state index in [1.54, 1.807) is 18.7 Å². The van der Waals surface area contributed by atoms with Crippen LogP contribution >= 0.6 is 0 Å². The van der Waals surface area contributed by atoms with Gasteiger partial charge in [-0.2, -0.15) is 0 Å². The van der Waals surface area contributed by atoms with Gasteiger partial charge in [-0.05, 0) is 56.3 Å². The molecular formula is C23H23N3O4. The number of hydrogen-bond donors (Lipinski definition) is 0. The zero-order valence-electron chi connectivity index (χ0n) is 16.6. The lowest BCUT2D eigenvalue weighted by Gasteiger charge is -2.30. The number of Topliss-reactive ketones (excluding diaryl/α,β-unsaturated/α-hetero) is 1. The molecule has 0 saturated carbocycles. The lowest BCUT2D eigenvalue weighted by molar-refractivity contribution is 0.0832. The second kappa shape index (κ2) is 8.28. The first-order valence-corrected chi connectivity index (χ1v) is 10.3. The van der Waals surface area contributed by atoms with E-state index in [4.69, 9.17) is 13.9 Å². The van der Waals surface area contributed by atoms with E-state index >= 15 is 0 Å². The summed E-state index contributed by atoms with van der Waals surface area (Å²) in [6.45, 7) is 3.50. The van der Waals surface area contributed by atoms with Gasteiger partial charge in [0.2, 0.25) is 5.89 Å². The number of carbonyl (C=O) groups is 1. The summed E-state index contributed by atoms with van der Waals surface area (Å²) in [5.74, 6) is 2.19. The van der Waals surface area contributed by atoms with Crippen LogP contribution < -0.4 is 9.47 Å². The van der Waals surface area contributed by atoms with E-state index in [-0.39, 0.29) is 11.7 Å². The zero-order valence-corrected chi connectivity index (χ0v) is 16.6. The number of hydrogen-bond acceptors (Lipinski definition) is 7. The molecule has 2 aliphatic rings. The van der Waals surface area contributed by atoms with Gasteiger partial charge in [0.15, 0.2) is 17.3 Å². The van der Waals surface area contributed by atoms with Crippen molar-refractivity contribution in [3.05, 3.63) is 60.2 Å². The van der Waals surface area contributed by atoms with Gasteiger partial charge in [-0.15, -0.1) is 0 Å². The largest absolute Gasteiger partial charge is 0.486 e. The van der Waals surface area contributed by atoms with Crippen molar-refractivity contribution in [2.45, 2.75) is 19.4 Å². The Bertz CT molecular complexity index is 1030. The Morgan fingerprint density at radius 3 is 2.73 bits per heavy atom. The summed E-state index contributed by atoms with van der Waals surface area (Å²) in [7, 11) is 0. The molecule has 3 aromatic rings. The third kappa shape index (κ3) is 3.93. The molecule has 7 heteroatoms. The standard InChI is InChI=1S/C23H23N3O4/c27-22(17-3-4-20-21(12-17)29-11-10-28-20)16-5-8-26(9-6-16)14-19-15-30-23(25-19)18-2-1-7-24-13-18/h1-4,7,12-13,15-16H,5-6,8-11,14H2. The van der Waals surface area contributed by atoms with E-state index in [9.17, 15) is 4.79 Å². The van der Waals surface area contributed by atoms with Crippen molar-refractivity contribution in [2.75, 3.05) is 26.3 Å². The molecule has 0 aliphatic carbocycles. The molecule has 1 aromatic carbocycles. The normalized spacial score (nSPS) is 17.1. The van der Waals surface area contributed by atoms with Gasteiger partial charge in [-0.25, -0.2) is 4.98 Å². The highest BCUT2D eigenvalue weighted by atomic mass is 16.6. The second-order valence-electron chi connectivity index (χ2n) is 7.66. The van der Waals surface area contributed by atoms with Crippen LogP contribution in [0, 0.1) is 5.92 Å². The third-order valence-electron chi connectivity index (χ3n) is 5.63. The van der Waals surface area contributed by atoms with Gasteiger partial charge in [0, 0.05) is 30.4 Å². The number of aromatic nitrogens is 2. The molecule has 7 nitrogen and oxygen atoms in total. The molecule has 2 aromatic heterocycles. The van der Waals surface area contributed by atoms with Crippen molar-refractivity contribution < 1.29 is 18.7 Å². The number of ether oxygens (including phenoxy) is 2. The highest BCUT2D eigenvalue weighted by molar-refractivity contribution is 5.98. The summed E-state index contributed by atoms with van der Waals surface area (Å²) in [6.07, 6.45) is 6.84. The topological polar surface area (TPSA) is 77.7 Å². The number of rotatable bonds is 5. The fourth-order valence-corrected chi connectivity index (χ4v) is 4.02. The first kappa shape index (κ1) is 18.8. The van der Waals surface area contributed by atoms with Gasteiger partial charge in [-0.3, -0.25) is 14.7 Å². The number of fused-ring (bicyclic) bond motifs is 1. The van der Waals surface area contributed by atoms with E-state index in [0.29, 0.717) is 42.7 Å². The predicted molar refractivity (Wildman–Crippen MR) is 109 cm³/mol. The molecule has 4 heterocycles. The highest BCUT2D eigenvalue weighted by Gasteiger charge is 2.27. The van der Waals surface area contributed by atoms with Crippen LogP contribution in [0.4, 0.5) is 0 Å². The predicted octanol–water partition coefficient (Wildman–Crippen LogP) is 3.60. The van der Waals surface area contributed by atoms with E-state index in [2.05, 4.69) is 14.9 Å². The quantitative estimate of drug-likeness (QED) is 0.600. The van der Waals surface area contributed by atoms with Crippen LogP contribution in [0.1, 0.15) is 28.9 Å². The van der Waals surface area contributed by atoms with Crippen LogP contribution in [0.3, 0.4) is 0 Å². The molecule has 0 N–H and O–H groups in total. The number of benzene rings is 1. The Kier molecular flexibility index (Phi) is 5.19. The second-order valence-corrected chi connectivity index (χ2v) is 7.66. The van der Waals surface area contributed by atoms with Crippen LogP contribution in [-0.2, 0) is 6.54 Å². The lowest BCUT2D eigenvalue weighted by atomic mass is 9.88. The van der Waals surface area contributed by atoms with Crippen LogP contribution in [0.5, 0.6) is 11.5 Å². The maximum Gasteiger partial charge on any atom is 0.227 e. The summed E-state index contributed by atoms with van der Waals surface area (Å²) in [5.41, 5.74) is 2.47. The molecule has 0 atom stereocenters. The van der Waals surface area contributed by atoms with E-state index in [1.165, 1.54) is 0 Å². The first-order valence-electron chi connectivity index (χ1n) is 10.3. The molecule has 0 unspecified atom stereocenters. The van der Waals surface area contributed by atoms with Crippen molar-refractivity contribution in [2.24, 2.45) is 5.92 Å². The highest BCUT2D eigenvalue weighted by Crippen LogP contribution is 2.32. The van der Waals surface area contributed by atoms with E-state index in [0.717, 1.165) is 37.2 Å². The molecule has 0 radical (unpaired) electrons. The Morgan fingerprint density at radius 1 is 1.10 bits per heavy atom. The molecular weight excluding hydrogens is 382 g/mol. The Labute approximate surface area is 174 Å². The molecule has 0 amide bonds. The Balaban J connectivity index is 1.18. The summed E-state index contributed by atoms with van der Waals surface area (Å²) in [6, 6.07) is 9.29. The van der Waals surface area contributed by atoms with Crippen molar-refractivity contribution in [1.82, 2.24) is 14.9 Å². The molecule has 0 bridgehead atoms. The summed E-state index contributed by atoms with van der Waals surface area (Å²) in [4.78, 5) is 24.0. The first-order chi connectivity index (χ1) is 14.8. The number of oxazole rings is 1. The van der Waals surface area contributed by atoms with Gasteiger partial charge in [-0.1, -0.05) is 0 Å². The average Bonchev–Trinajstić information content (AvgIpc) is 3.28. The fraction of sp³-hybridized carbons (Fsp3) is 0.348. The minimum absolute atomic E-state index is 0.0343.